The minimum atomic E-state index is -0.425. The Morgan fingerprint density at radius 3 is 2.16 bits per heavy atom. The van der Waals surface area contributed by atoms with Crippen molar-refractivity contribution in [3.63, 3.8) is 0 Å². The second kappa shape index (κ2) is 6.20. The van der Waals surface area contributed by atoms with E-state index in [1.54, 1.807) is 12.1 Å². The zero-order valence-electron chi connectivity index (χ0n) is 14.0. The van der Waals surface area contributed by atoms with Gasteiger partial charge < -0.3 is 25.8 Å². The smallest absolute Gasteiger partial charge is 0.171 e. The summed E-state index contributed by atoms with van der Waals surface area (Å²) in [6.07, 6.45) is 1.61. The second-order valence-corrected chi connectivity index (χ2v) is 6.60. The monoisotopic (exact) mass is 343 g/mol. The molecule has 2 fully saturated rings. The van der Waals surface area contributed by atoms with Crippen molar-refractivity contribution in [3.05, 3.63) is 42.2 Å². The summed E-state index contributed by atoms with van der Waals surface area (Å²) in [5.41, 5.74) is 16.0. The fraction of sp³-hybridized carbons (Fsp3) is 0.368. The van der Waals surface area contributed by atoms with Crippen LogP contribution in [0.5, 0.6) is 0 Å². The van der Waals surface area contributed by atoms with Crippen molar-refractivity contribution in [2.75, 3.05) is 42.7 Å². The fourth-order valence-corrected chi connectivity index (χ4v) is 3.62. The van der Waals surface area contributed by atoms with Gasteiger partial charge in [-0.15, -0.1) is 0 Å². The lowest BCUT2D eigenvalue weighted by atomic mass is 9.97. The molecule has 1 spiro atoms. The van der Waals surface area contributed by atoms with Gasteiger partial charge in [0.15, 0.2) is 5.79 Å². The molecule has 2 saturated heterocycles. The molecule has 4 rings (SSSR count). The van der Waals surface area contributed by atoms with Crippen molar-refractivity contribution in [1.29, 1.82) is 0 Å². The highest BCUT2D eigenvalue weighted by molar-refractivity contribution is 5.86. The third-order valence-corrected chi connectivity index (χ3v) is 5.04. The minimum absolute atomic E-state index is 0.260. The highest BCUT2D eigenvalue weighted by Gasteiger charge is 2.40. The molecule has 2 aromatic rings. The van der Waals surface area contributed by atoms with E-state index in [0.29, 0.717) is 24.6 Å². The number of nitrogens with zero attached hydrogens (tertiary/aromatic N) is 1. The van der Waals surface area contributed by atoms with Crippen molar-refractivity contribution in [3.8, 4) is 11.1 Å². The van der Waals surface area contributed by atoms with E-state index in [4.69, 9.17) is 20.9 Å². The van der Waals surface area contributed by atoms with Crippen molar-refractivity contribution < 1.29 is 13.9 Å². The summed E-state index contributed by atoms with van der Waals surface area (Å²) < 4.78 is 24.9. The summed E-state index contributed by atoms with van der Waals surface area (Å²) in [6, 6.07) is 10.2. The van der Waals surface area contributed by atoms with E-state index in [0.717, 1.165) is 42.7 Å². The van der Waals surface area contributed by atoms with E-state index in [2.05, 4.69) is 4.90 Å². The Kier molecular flexibility index (Phi) is 4.01. The van der Waals surface area contributed by atoms with Crippen LogP contribution in [0.25, 0.3) is 11.1 Å². The molecule has 0 radical (unpaired) electrons. The summed E-state index contributed by atoms with van der Waals surface area (Å²) in [6.45, 7) is 2.93. The summed E-state index contributed by atoms with van der Waals surface area (Å²) in [4.78, 5) is 2.27. The van der Waals surface area contributed by atoms with Gasteiger partial charge in [0.1, 0.15) is 5.82 Å². The van der Waals surface area contributed by atoms with Crippen LogP contribution in [0.2, 0.25) is 0 Å². The molecule has 2 aliphatic heterocycles. The van der Waals surface area contributed by atoms with Gasteiger partial charge in [0.2, 0.25) is 0 Å². The van der Waals surface area contributed by atoms with E-state index >= 15 is 0 Å². The van der Waals surface area contributed by atoms with Gasteiger partial charge in [-0.2, -0.15) is 0 Å². The summed E-state index contributed by atoms with van der Waals surface area (Å²) in [5.74, 6) is -0.685. The van der Waals surface area contributed by atoms with Crippen LogP contribution in [0.4, 0.5) is 21.5 Å². The fourth-order valence-electron chi connectivity index (χ4n) is 3.62. The molecule has 4 N–H and O–H groups in total. The molecular formula is C19H22FN3O2. The first kappa shape index (κ1) is 16.2. The summed E-state index contributed by atoms with van der Waals surface area (Å²) >= 11 is 0. The summed E-state index contributed by atoms with van der Waals surface area (Å²) in [7, 11) is 0. The predicted octanol–water partition coefficient (Wildman–Crippen LogP) is 3.00. The van der Waals surface area contributed by atoms with Gasteiger partial charge in [-0.3, -0.25) is 0 Å². The maximum absolute atomic E-state index is 13.3. The van der Waals surface area contributed by atoms with E-state index < -0.39 is 5.79 Å². The number of benzene rings is 2. The SMILES string of the molecule is Nc1cc(-c2ccc(F)cc2)c(N2CCC3(CC2)OCCO3)cc1N. The highest BCUT2D eigenvalue weighted by atomic mass is 19.1. The molecule has 5 nitrogen and oxygen atoms in total. The quantitative estimate of drug-likeness (QED) is 0.820. The van der Waals surface area contributed by atoms with Crippen LogP contribution in [0.15, 0.2) is 36.4 Å². The Morgan fingerprint density at radius 1 is 0.920 bits per heavy atom. The van der Waals surface area contributed by atoms with Gasteiger partial charge >= 0.3 is 0 Å². The van der Waals surface area contributed by atoms with Crippen molar-refractivity contribution in [2.24, 2.45) is 0 Å². The third kappa shape index (κ3) is 3.03. The molecular weight excluding hydrogens is 321 g/mol. The lowest BCUT2D eigenvalue weighted by Gasteiger charge is -2.39. The van der Waals surface area contributed by atoms with Gasteiger partial charge in [-0.05, 0) is 29.8 Å². The molecule has 25 heavy (non-hydrogen) atoms. The molecule has 2 aliphatic rings. The molecule has 2 heterocycles. The molecule has 0 saturated carbocycles. The number of halogens is 1. The first-order chi connectivity index (χ1) is 12.1. The Balaban J connectivity index is 1.67. The predicted molar refractivity (Wildman–Crippen MR) is 96.7 cm³/mol. The second-order valence-electron chi connectivity index (χ2n) is 6.60. The molecule has 0 amide bonds. The molecule has 0 aromatic heterocycles. The average Bonchev–Trinajstić information content (AvgIpc) is 3.07. The Morgan fingerprint density at radius 2 is 1.52 bits per heavy atom. The van der Waals surface area contributed by atoms with Crippen LogP contribution in [-0.2, 0) is 9.47 Å². The molecule has 2 aromatic carbocycles. The van der Waals surface area contributed by atoms with E-state index in [9.17, 15) is 4.39 Å². The van der Waals surface area contributed by atoms with Crippen LogP contribution < -0.4 is 16.4 Å². The number of nitrogen functional groups attached to an aromatic ring is 2. The van der Waals surface area contributed by atoms with E-state index in [1.807, 2.05) is 12.1 Å². The van der Waals surface area contributed by atoms with Crippen LogP contribution >= 0.6 is 0 Å². The number of rotatable bonds is 2. The Bertz CT molecular complexity index is 763. The molecule has 0 aliphatic carbocycles. The van der Waals surface area contributed by atoms with Gasteiger partial charge in [0.25, 0.3) is 0 Å². The first-order valence-corrected chi connectivity index (χ1v) is 8.54. The minimum Gasteiger partial charge on any atom is -0.397 e. The van der Waals surface area contributed by atoms with Gasteiger partial charge in [-0.25, -0.2) is 4.39 Å². The summed E-state index contributed by atoms with van der Waals surface area (Å²) in [5, 5.41) is 0. The maximum Gasteiger partial charge on any atom is 0.171 e. The molecule has 0 unspecified atom stereocenters. The van der Waals surface area contributed by atoms with Crippen LogP contribution in [0.1, 0.15) is 12.8 Å². The van der Waals surface area contributed by atoms with Gasteiger partial charge in [0.05, 0.1) is 24.6 Å². The number of anilines is 3. The largest absolute Gasteiger partial charge is 0.397 e. The van der Waals surface area contributed by atoms with E-state index in [-0.39, 0.29) is 5.82 Å². The Labute approximate surface area is 146 Å². The topological polar surface area (TPSA) is 73.7 Å². The maximum atomic E-state index is 13.3. The Hall–Kier alpha value is -2.31. The van der Waals surface area contributed by atoms with E-state index in [1.165, 1.54) is 12.1 Å². The van der Waals surface area contributed by atoms with Crippen molar-refractivity contribution in [2.45, 2.75) is 18.6 Å². The third-order valence-electron chi connectivity index (χ3n) is 5.04. The zero-order valence-corrected chi connectivity index (χ0v) is 14.0. The number of hydrogen-bond acceptors (Lipinski definition) is 5. The number of hydrogen-bond donors (Lipinski definition) is 2. The van der Waals surface area contributed by atoms with Crippen molar-refractivity contribution >= 4 is 17.1 Å². The highest BCUT2D eigenvalue weighted by Crippen LogP contribution is 2.39. The first-order valence-electron chi connectivity index (χ1n) is 8.54. The molecule has 0 bridgehead atoms. The standard InChI is InChI=1S/C19H22FN3O2/c20-14-3-1-13(2-4-14)15-11-16(21)17(22)12-18(15)23-7-5-19(6-8-23)24-9-10-25-19/h1-4,11-12H,5-10,21-22H2. The number of nitrogens with two attached hydrogens (primary N) is 2. The lowest BCUT2D eigenvalue weighted by Crippen LogP contribution is -2.45. The van der Waals surface area contributed by atoms with Crippen LogP contribution in [0, 0.1) is 5.82 Å². The number of ether oxygens (including phenoxy) is 2. The van der Waals surface area contributed by atoms with Crippen molar-refractivity contribution in [1.82, 2.24) is 0 Å². The van der Waals surface area contributed by atoms with Crippen LogP contribution in [-0.4, -0.2) is 32.1 Å². The zero-order chi connectivity index (χ0) is 17.4. The lowest BCUT2D eigenvalue weighted by molar-refractivity contribution is -0.169. The molecule has 6 heteroatoms. The van der Waals surface area contributed by atoms with Gasteiger partial charge in [0, 0.05) is 37.2 Å². The average molecular weight is 343 g/mol. The normalized spacial score (nSPS) is 19.5. The van der Waals surface area contributed by atoms with Gasteiger partial charge in [-0.1, -0.05) is 12.1 Å². The van der Waals surface area contributed by atoms with Crippen LogP contribution in [0.3, 0.4) is 0 Å². The molecule has 132 valence electrons. The number of piperidine rings is 1. The molecule has 0 atom stereocenters.